The minimum Gasteiger partial charge on any atom is -0.492 e. The van der Waals surface area contributed by atoms with E-state index in [1.54, 1.807) is 29.1 Å². The molecule has 0 atom stereocenters. The van der Waals surface area contributed by atoms with E-state index < -0.39 is 0 Å². The number of rotatable bonds is 5. The van der Waals surface area contributed by atoms with Crippen molar-refractivity contribution in [1.82, 2.24) is 15.1 Å². The molecule has 1 saturated heterocycles. The first kappa shape index (κ1) is 17.4. The van der Waals surface area contributed by atoms with Crippen LogP contribution >= 0.6 is 23.8 Å². The van der Waals surface area contributed by atoms with Gasteiger partial charge >= 0.3 is 0 Å². The maximum atomic E-state index is 12.8. The quantitative estimate of drug-likeness (QED) is 0.641. The number of anilines is 1. The number of hydrogen-bond donors (Lipinski definition) is 1. The third-order valence-corrected chi connectivity index (χ3v) is 4.21. The van der Waals surface area contributed by atoms with Crippen molar-refractivity contribution >= 4 is 46.6 Å². The lowest BCUT2D eigenvalue weighted by Crippen LogP contribution is -2.30. The van der Waals surface area contributed by atoms with Gasteiger partial charge < -0.3 is 10.1 Å². The van der Waals surface area contributed by atoms with Crippen LogP contribution in [0.3, 0.4) is 0 Å². The number of para-hydroxylation sites is 2. The molecule has 3 rings (SSSR count). The fraction of sp³-hybridized carbons (Fsp3) is 0.235. The van der Waals surface area contributed by atoms with Crippen LogP contribution in [0.15, 0.2) is 36.2 Å². The minimum atomic E-state index is -0.278. The van der Waals surface area contributed by atoms with E-state index in [-0.39, 0.29) is 11.0 Å². The van der Waals surface area contributed by atoms with Gasteiger partial charge in [-0.1, -0.05) is 23.7 Å². The average molecular weight is 377 g/mol. The van der Waals surface area contributed by atoms with Crippen LogP contribution in [0.1, 0.15) is 19.5 Å². The zero-order valence-corrected chi connectivity index (χ0v) is 15.4. The fourth-order valence-electron chi connectivity index (χ4n) is 2.48. The van der Waals surface area contributed by atoms with Crippen LogP contribution in [0.5, 0.6) is 5.75 Å². The topological polar surface area (TPSA) is 59.4 Å². The molecule has 1 amide bonds. The lowest BCUT2D eigenvalue weighted by Gasteiger charge is -2.17. The predicted octanol–water partition coefficient (Wildman–Crippen LogP) is 3.22. The van der Waals surface area contributed by atoms with Crippen LogP contribution < -0.4 is 15.0 Å². The van der Waals surface area contributed by atoms with Crippen LogP contribution in [-0.4, -0.2) is 27.4 Å². The highest BCUT2D eigenvalue weighted by molar-refractivity contribution is 7.80. The third kappa shape index (κ3) is 3.38. The van der Waals surface area contributed by atoms with Crippen molar-refractivity contribution in [3.8, 4) is 5.75 Å². The molecule has 1 N–H and O–H groups in total. The molecule has 0 spiro atoms. The molecule has 0 unspecified atom stereocenters. The maximum absolute atomic E-state index is 12.8. The fourth-order valence-corrected chi connectivity index (χ4v) is 2.98. The Morgan fingerprint density at radius 3 is 2.80 bits per heavy atom. The van der Waals surface area contributed by atoms with Gasteiger partial charge in [0, 0.05) is 12.7 Å². The number of benzene rings is 1. The van der Waals surface area contributed by atoms with Crippen molar-refractivity contribution in [3.05, 3.63) is 46.9 Å². The molecule has 2 heterocycles. The number of ether oxygens (including phenoxy) is 1. The lowest BCUT2D eigenvalue weighted by molar-refractivity contribution is -0.113. The number of amides is 1. The van der Waals surface area contributed by atoms with E-state index in [4.69, 9.17) is 28.6 Å². The Bertz CT molecular complexity index is 862. The number of nitrogens with one attached hydrogen (secondary N) is 1. The van der Waals surface area contributed by atoms with Gasteiger partial charge in [0.15, 0.2) is 5.11 Å². The van der Waals surface area contributed by atoms with Gasteiger partial charge in [-0.15, -0.1) is 0 Å². The number of aromatic nitrogens is 2. The van der Waals surface area contributed by atoms with Gasteiger partial charge in [0.05, 0.1) is 17.3 Å². The van der Waals surface area contributed by atoms with Gasteiger partial charge in [-0.25, -0.2) is 4.90 Å². The number of halogens is 1. The van der Waals surface area contributed by atoms with Gasteiger partial charge in [-0.3, -0.25) is 9.48 Å². The zero-order valence-electron chi connectivity index (χ0n) is 13.8. The lowest BCUT2D eigenvalue weighted by atomic mass is 10.2. The molecule has 8 heteroatoms. The summed E-state index contributed by atoms with van der Waals surface area (Å²) in [6.45, 7) is 5.03. The number of aryl methyl sites for hydroxylation is 1. The first-order chi connectivity index (χ1) is 12.0. The molecular formula is C17H17ClN4O2S. The second-order valence-corrected chi connectivity index (χ2v) is 6.04. The second-order valence-electron chi connectivity index (χ2n) is 5.25. The summed E-state index contributed by atoms with van der Waals surface area (Å²) in [6.07, 6.45) is 3.32. The third-order valence-electron chi connectivity index (χ3n) is 3.63. The molecule has 1 aromatic carbocycles. The number of carbonyl (C=O) groups excluding carboxylic acids is 1. The number of nitrogens with zero attached hydrogens (tertiary/aromatic N) is 3. The molecule has 1 fully saturated rings. The van der Waals surface area contributed by atoms with Gasteiger partial charge in [0.1, 0.15) is 17.1 Å². The van der Waals surface area contributed by atoms with E-state index in [9.17, 15) is 4.79 Å². The van der Waals surface area contributed by atoms with Crippen molar-refractivity contribution in [2.24, 2.45) is 0 Å². The largest absolute Gasteiger partial charge is 0.492 e. The van der Waals surface area contributed by atoms with Crippen LogP contribution in [0.4, 0.5) is 5.69 Å². The molecule has 0 bridgehead atoms. The summed E-state index contributed by atoms with van der Waals surface area (Å²) in [5.74, 6) is 0.316. The molecule has 0 radical (unpaired) electrons. The van der Waals surface area contributed by atoms with E-state index >= 15 is 0 Å². The number of thiocarbonyl (C=S) groups is 1. The minimum absolute atomic E-state index is 0.278. The van der Waals surface area contributed by atoms with Crippen molar-refractivity contribution in [1.29, 1.82) is 0 Å². The number of hydrogen-bond acceptors (Lipinski definition) is 4. The van der Waals surface area contributed by atoms with Crippen molar-refractivity contribution < 1.29 is 9.53 Å². The summed E-state index contributed by atoms with van der Waals surface area (Å²) < 4.78 is 7.30. The van der Waals surface area contributed by atoms with E-state index in [1.807, 2.05) is 26.0 Å². The molecular weight excluding hydrogens is 360 g/mol. The van der Waals surface area contributed by atoms with Crippen molar-refractivity contribution in [3.63, 3.8) is 0 Å². The van der Waals surface area contributed by atoms with Crippen LogP contribution in [0.25, 0.3) is 6.08 Å². The monoisotopic (exact) mass is 376 g/mol. The predicted molar refractivity (Wildman–Crippen MR) is 102 cm³/mol. The highest BCUT2D eigenvalue weighted by Crippen LogP contribution is 2.32. The smallest absolute Gasteiger partial charge is 0.281 e. The highest BCUT2D eigenvalue weighted by Gasteiger charge is 2.34. The van der Waals surface area contributed by atoms with E-state index in [0.29, 0.717) is 41.0 Å². The molecule has 0 saturated carbocycles. The first-order valence-electron chi connectivity index (χ1n) is 7.87. The Hall–Kier alpha value is -2.38. The van der Waals surface area contributed by atoms with Gasteiger partial charge in [0.25, 0.3) is 5.91 Å². The maximum Gasteiger partial charge on any atom is 0.281 e. The summed E-state index contributed by atoms with van der Waals surface area (Å²) >= 11 is 11.5. The Morgan fingerprint density at radius 1 is 1.36 bits per heavy atom. The van der Waals surface area contributed by atoms with Crippen molar-refractivity contribution in [2.45, 2.75) is 20.4 Å². The average Bonchev–Trinajstić information content (AvgIpc) is 3.09. The molecule has 2 aromatic rings. The molecule has 6 nitrogen and oxygen atoms in total. The summed E-state index contributed by atoms with van der Waals surface area (Å²) in [6, 6.07) is 7.27. The standard InChI is InChI=1S/C17H17ClN4O2S/c1-3-21-10-11(18)12(20-21)9-13-16(23)22(17(25)19-13)14-7-5-6-8-15(14)24-4-2/h5-10H,3-4H2,1-2H3,(H,19,25)/b13-9+. The molecule has 1 aliphatic rings. The summed E-state index contributed by atoms with van der Waals surface area (Å²) in [7, 11) is 0. The van der Waals surface area contributed by atoms with E-state index in [0.717, 1.165) is 0 Å². The Kier molecular flexibility index (Phi) is 5.06. The zero-order chi connectivity index (χ0) is 18.0. The van der Waals surface area contributed by atoms with E-state index in [2.05, 4.69) is 10.4 Å². The van der Waals surface area contributed by atoms with Gasteiger partial charge in [-0.2, -0.15) is 5.10 Å². The van der Waals surface area contributed by atoms with Crippen molar-refractivity contribution in [2.75, 3.05) is 11.5 Å². The SMILES string of the molecule is CCOc1ccccc1N1C(=O)/C(=C\c2nn(CC)cc2Cl)NC1=S. The van der Waals surface area contributed by atoms with Crippen LogP contribution in [-0.2, 0) is 11.3 Å². The normalized spacial score (nSPS) is 15.8. The van der Waals surface area contributed by atoms with Crippen LogP contribution in [0.2, 0.25) is 5.02 Å². The Labute approximate surface area is 156 Å². The molecule has 130 valence electrons. The molecule has 1 aliphatic heterocycles. The molecule has 25 heavy (non-hydrogen) atoms. The Morgan fingerprint density at radius 2 is 2.12 bits per heavy atom. The highest BCUT2D eigenvalue weighted by atomic mass is 35.5. The van der Waals surface area contributed by atoms with E-state index in [1.165, 1.54) is 4.90 Å². The number of carbonyl (C=O) groups is 1. The molecule has 1 aromatic heterocycles. The summed E-state index contributed by atoms with van der Waals surface area (Å²) in [5.41, 5.74) is 1.43. The summed E-state index contributed by atoms with van der Waals surface area (Å²) in [4.78, 5) is 14.3. The summed E-state index contributed by atoms with van der Waals surface area (Å²) in [5, 5.41) is 8.02. The van der Waals surface area contributed by atoms with Gasteiger partial charge in [-0.05, 0) is 44.3 Å². The van der Waals surface area contributed by atoms with Crippen LogP contribution in [0, 0.1) is 0 Å². The van der Waals surface area contributed by atoms with Gasteiger partial charge in [0.2, 0.25) is 0 Å². The Balaban J connectivity index is 1.95. The first-order valence-corrected chi connectivity index (χ1v) is 8.65. The molecule has 0 aliphatic carbocycles. The second kappa shape index (κ2) is 7.25.